The zero-order valence-corrected chi connectivity index (χ0v) is 25.6. The standard InChI is InChI=1S/C39H35N3O/c1-23-16-25(3)36(26(4)17-23)41-34-12-9-15-40-39(34)42(37-27(5)18-24(2)19-28(37)6)35(41)14-13-31-21-32-20-29-10-7-8-11-30(29)22-33(32)38(31)43/h7-20,22H,21H2,1-6H3/b31-13+,35-14+. The largest absolute Gasteiger partial charge is 0.292 e. The predicted octanol–water partition coefficient (Wildman–Crippen LogP) is 9.58. The van der Waals surface area contributed by atoms with Crippen LogP contribution in [0, 0.1) is 41.5 Å². The number of carbonyl (C=O) groups excluding carboxylic acids is 1. The van der Waals surface area contributed by atoms with Crippen molar-refractivity contribution in [3.8, 4) is 0 Å². The minimum atomic E-state index is 0.106. The highest BCUT2D eigenvalue weighted by Gasteiger charge is 2.37. The van der Waals surface area contributed by atoms with Crippen molar-refractivity contribution in [3.63, 3.8) is 0 Å². The van der Waals surface area contributed by atoms with E-state index in [1.807, 2.05) is 36.5 Å². The van der Waals surface area contributed by atoms with Crippen molar-refractivity contribution in [1.29, 1.82) is 0 Å². The van der Waals surface area contributed by atoms with Gasteiger partial charge in [-0.25, -0.2) is 4.98 Å². The number of aryl methyl sites for hydroxylation is 6. The van der Waals surface area contributed by atoms with Gasteiger partial charge in [-0.15, -0.1) is 0 Å². The number of hydrogen-bond acceptors (Lipinski definition) is 4. The summed E-state index contributed by atoms with van der Waals surface area (Å²) in [5.41, 5.74) is 13.2. The maximum atomic E-state index is 13.7. The maximum absolute atomic E-state index is 13.7. The highest BCUT2D eigenvalue weighted by molar-refractivity contribution is 6.15. The Bertz CT molecular complexity index is 1920. The summed E-state index contributed by atoms with van der Waals surface area (Å²) in [5, 5.41) is 2.26. The Hall–Kier alpha value is -4.96. The van der Waals surface area contributed by atoms with Gasteiger partial charge in [-0.3, -0.25) is 14.6 Å². The first-order valence-electron chi connectivity index (χ1n) is 14.9. The van der Waals surface area contributed by atoms with E-state index in [4.69, 9.17) is 4.98 Å². The molecule has 0 atom stereocenters. The van der Waals surface area contributed by atoms with Gasteiger partial charge >= 0.3 is 0 Å². The first-order valence-corrected chi connectivity index (χ1v) is 14.9. The Labute approximate surface area is 253 Å². The van der Waals surface area contributed by atoms with E-state index in [1.165, 1.54) is 38.8 Å². The van der Waals surface area contributed by atoms with Crippen molar-refractivity contribution in [2.45, 2.75) is 48.0 Å². The molecule has 0 radical (unpaired) electrons. The smallest absolute Gasteiger partial charge is 0.189 e. The lowest BCUT2D eigenvalue weighted by molar-refractivity contribution is 0.103. The van der Waals surface area contributed by atoms with Gasteiger partial charge in [0, 0.05) is 23.8 Å². The summed E-state index contributed by atoms with van der Waals surface area (Å²) in [6.45, 7) is 13.0. The predicted molar refractivity (Wildman–Crippen MR) is 178 cm³/mol. The lowest BCUT2D eigenvalue weighted by Gasteiger charge is -2.29. The molecule has 4 nitrogen and oxygen atoms in total. The number of fused-ring (bicyclic) bond motifs is 3. The van der Waals surface area contributed by atoms with Crippen LogP contribution in [0.5, 0.6) is 0 Å². The van der Waals surface area contributed by atoms with Crippen molar-refractivity contribution < 1.29 is 4.79 Å². The van der Waals surface area contributed by atoms with Gasteiger partial charge in [0.15, 0.2) is 11.6 Å². The summed E-state index contributed by atoms with van der Waals surface area (Å²) >= 11 is 0. The Morgan fingerprint density at radius 1 is 0.674 bits per heavy atom. The Morgan fingerprint density at radius 2 is 1.26 bits per heavy atom. The van der Waals surface area contributed by atoms with E-state index < -0.39 is 0 Å². The topological polar surface area (TPSA) is 36.4 Å². The van der Waals surface area contributed by atoms with Crippen LogP contribution in [0.1, 0.15) is 49.3 Å². The van der Waals surface area contributed by atoms with E-state index in [1.54, 1.807) is 0 Å². The molecule has 0 bridgehead atoms. The van der Waals surface area contributed by atoms with Crippen molar-refractivity contribution >= 4 is 39.4 Å². The maximum Gasteiger partial charge on any atom is 0.189 e. The second-order valence-electron chi connectivity index (χ2n) is 12.1. The fraction of sp³-hybridized carbons (Fsp3) is 0.179. The first kappa shape index (κ1) is 26.9. The zero-order valence-electron chi connectivity index (χ0n) is 25.6. The Kier molecular flexibility index (Phi) is 6.32. The molecule has 5 aromatic rings. The van der Waals surface area contributed by atoms with E-state index in [0.717, 1.165) is 50.8 Å². The number of pyridine rings is 1. The third-order valence-electron chi connectivity index (χ3n) is 8.72. The molecule has 0 saturated heterocycles. The molecule has 4 heteroatoms. The first-order chi connectivity index (χ1) is 20.7. The number of rotatable bonds is 3. The van der Waals surface area contributed by atoms with Crippen molar-refractivity contribution in [1.82, 2.24) is 4.98 Å². The third-order valence-corrected chi connectivity index (χ3v) is 8.72. The summed E-state index contributed by atoms with van der Waals surface area (Å²) < 4.78 is 0. The molecule has 0 saturated carbocycles. The number of nitrogens with zero attached hydrogens (tertiary/aromatic N) is 3. The lowest BCUT2D eigenvalue weighted by atomic mass is 10.0. The molecule has 2 aliphatic rings. The molecule has 43 heavy (non-hydrogen) atoms. The molecule has 0 fully saturated rings. The van der Waals surface area contributed by atoms with E-state index in [9.17, 15) is 4.79 Å². The molecule has 1 aliphatic heterocycles. The monoisotopic (exact) mass is 561 g/mol. The molecule has 212 valence electrons. The molecule has 0 amide bonds. The molecule has 0 unspecified atom stereocenters. The highest BCUT2D eigenvalue weighted by Crippen LogP contribution is 2.51. The number of hydrogen-bond donors (Lipinski definition) is 0. The second kappa shape index (κ2) is 10.1. The Balaban J connectivity index is 1.44. The molecule has 4 aromatic carbocycles. The lowest BCUT2D eigenvalue weighted by Crippen LogP contribution is -2.24. The molecule has 0 N–H and O–H groups in total. The van der Waals surface area contributed by atoms with E-state index in [-0.39, 0.29) is 5.78 Å². The number of benzene rings is 4. The van der Waals surface area contributed by atoms with Crippen LogP contribution in [0.15, 0.2) is 103 Å². The van der Waals surface area contributed by atoms with Gasteiger partial charge in [0.05, 0.1) is 17.1 Å². The van der Waals surface area contributed by atoms with Gasteiger partial charge in [0.25, 0.3) is 0 Å². The van der Waals surface area contributed by atoms with Crippen LogP contribution >= 0.6 is 0 Å². The summed E-state index contributed by atoms with van der Waals surface area (Å²) in [7, 11) is 0. The fourth-order valence-electron chi connectivity index (χ4n) is 7.14. The van der Waals surface area contributed by atoms with Crippen molar-refractivity contribution in [3.05, 3.63) is 147 Å². The van der Waals surface area contributed by atoms with Crippen LogP contribution in [0.25, 0.3) is 10.8 Å². The van der Waals surface area contributed by atoms with Gasteiger partial charge in [-0.05, 0) is 104 Å². The third kappa shape index (κ3) is 4.37. The van der Waals surface area contributed by atoms with Crippen molar-refractivity contribution in [2.24, 2.45) is 0 Å². The normalized spacial score (nSPS) is 16.1. The fourth-order valence-corrected chi connectivity index (χ4v) is 7.14. The summed E-state index contributed by atoms with van der Waals surface area (Å²) in [4.78, 5) is 23.3. The molecule has 7 rings (SSSR count). The highest BCUT2D eigenvalue weighted by atomic mass is 16.1. The van der Waals surface area contributed by atoms with Crippen LogP contribution in [-0.2, 0) is 6.42 Å². The van der Waals surface area contributed by atoms with Crippen LogP contribution in [0.2, 0.25) is 0 Å². The summed E-state index contributed by atoms with van der Waals surface area (Å²) in [6, 6.07) is 25.5. The number of carbonyl (C=O) groups is 1. The number of anilines is 4. The molecular formula is C39H35N3O. The molecule has 1 aliphatic carbocycles. The summed E-state index contributed by atoms with van der Waals surface area (Å²) in [5.74, 6) is 1.95. The second-order valence-corrected chi connectivity index (χ2v) is 12.1. The molecule has 1 aromatic heterocycles. The molecule has 0 spiro atoms. The van der Waals surface area contributed by atoms with Gasteiger partial charge in [-0.2, -0.15) is 0 Å². The number of Topliss-reactive ketones (excluding diaryl/α,β-unsaturated/α-hetero) is 1. The minimum Gasteiger partial charge on any atom is -0.292 e. The van der Waals surface area contributed by atoms with Gasteiger partial charge < -0.3 is 0 Å². The van der Waals surface area contributed by atoms with Gasteiger partial charge in [-0.1, -0.05) is 71.8 Å². The van der Waals surface area contributed by atoms with Gasteiger partial charge in [0.1, 0.15) is 5.82 Å². The number of aromatic nitrogens is 1. The van der Waals surface area contributed by atoms with Crippen LogP contribution < -0.4 is 9.80 Å². The minimum absolute atomic E-state index is 0.106. The van der Waals surface area contributed by atoms with E-state index in [0.29, 0.717) is 6.42 Å². The van der Waals surface area contributed by atoms with E-state index in [2.05, 4.69) is 106 Å². The number of ketones is 1. The van der Waals surface area contributed by atoms with Gasteiger partial charge in [0.2, 0.25) is 0 Å². The average molecular weight is 562 g/mol. The quantitative estimate of drug-likeness (QED) is 0.206. The average Bonchev–Trinajstić information content (AvgIpc) is 3.43. The summed E-state index contributed by atoms with van der Waals surface area (Å²) in [6.07, 6.45) is 6.64. The molecule has 2 heterocycles. The Morgan fingerprint density at radius 3 is 1.88 bits per heavy atom. The van der Waals surface area contributed by atoms with Crippen molar-refractivity contribution in [2.75, 3.05) is 9.80 Å². The van der Waals surface area contributed by atoms with Crippen LogP contribution in [0.4, 0.5) is 22.9 Å². The van der Waals surface area contributed by atoms with Crippen LogP contribution in [0.3, 0.4) is 0 Å². The SMILES string of the molecule is Cc1cc(C)c(N2/C(=C\C=C3/Cc4cc5ccccc5cc4C3=O)N(c3c(C)cc(C)cc3C)c3ncccc32)c(C)c1. The zero-order chi connectivity index (χ0) is 30.0. The van der Waals surface area contributed by atoms with Crippen LogP contribution in [-0.4, -0.2) is 10.8 Å². The molecular weight excluding hydrogens is 526 g/mol. The number of allylic oxidation sites excluding steroid dienone is 3. The van der Waals surface area contributed by atoms with E-state index >= 15 is 0 Å².